The molecule has 0 N–H and O–H groups in total. The monoisotopic (exact) mass is 354 g/mol. The topological polar surface area (TPSA) is 143 Å². The van der Waals surface area contributed by atoms with Crippen LogP contribution >= 0.6 is 0 Å². The average Bonchev–Trinajstić information content (AvgIpc) is 2.45. The van der Waals surface area contributed by atoms with Gasteiger partial charge in [-0.2, -0.15) is 5.53 Å². The lowest BCUT2D eigenvalue weighted by Gasteiger charge is -2.18. The van der Waals surface area contributed by atoms with Gasteiger partial charge in [0.05, 0.1) is 17.5 Å². The zero-order valence-electron chi connectivity index (χ0n) is 13.3. The van der Waals surface area contributed by atoms with E-state index in [1.54, 1.807) is 13.8 Å². The van der Waals surface area contributed by atoms with Crippen LogP contribution in [0.1, 0.15) is 40.5 Å². The zero-order valence-corrected chi connectivity index (χ0v) is 14.9. The molecule has 0 aromatic heterocycles. The summed E-state index contributed by atoms with van der Waals surface area (Å²) in [5.41, 5.74) is 9.14. The minimum Gasteiger partial charge on any atom is -0.224 e. The second kappa shape index (κ2) is 8.36. The predicted octanol–water partition coefficient (Wildman–Crippen LogP) is 2.09. The lowest BCUT2D eigenvalue weighted by molar-refractivity contribution is -0.576. The van der Waals surface area contributed by atoms with E-state index in [2.05, 4.69) is 20.7 Å². The Hall–Kier alpha value is -1.30. The van der Waals surface area contributed by atoms with E-state index in [1.807, 2.05) is 0 Å². The van der Waals surface area contributed by atoms with Gasteiger partial charge in [-0.15, -0.1) is 10.0 Å². The molecule has 0 saturated heterocycles. The summed E-state index contributed by atoms with van der Waals surface area (Å²) in [5.74, 6) is 0. The van der Waals surface area contributed by atoms with E-state index in [1.165, 1.54) is 20.9 Å². The highest BCUT2D eigenvalue weighted by atomic mass is 32.3. The second-order valence-electron chi connectivity index (χ2n) is 4.69. The molecule has 12 heteroatoms. The molecule has 0 saturated carbocycles. The fourth-order valence-electron chi connectivity index (χ4n) is 1.37. The van der Waals surface area contributed by atoms with E-state index >= 15 is 0 Å². The van der Waals surface area contributed by atoms with E-state index in [0.29, 0.717) is 0 Å². The fourth-order valence-corrected chi connectivity index (χ4v) is 6.07. The van der Waals surface area contributed by atoms with E-state index in [-0.39, 0.29) is 17.8 Å². The van der Waals surface area contributed by atoms with Crippen molar-refractivity contribution in [3.05, 3.63) is 5.53 Å². The first-order chi connectivity index (χ1) is 10.0. The molecule has 10 nitrogen and oxygen atoms in total. The highest BCUT2D eigenvalue weighted by molar-refractivity contribution is 8.09. The maximum absolute atomic E-state index is 12.4. The molecule has 22 heavy (non-hydrogen) atoms. The van der Waals surface area contributed by atoms with Gasteiger partial charge in [-0.25, -0.2) is 16.8 Å². The molecule has 0 aliphatic heterocycles. The zero-order chi connectivity index (χ0) is 17.6. The molecule has 0 aliphatic rings. The van der Waals surface area contributed by atoms with Crippen molar-refractivity contribution >= 4 is 19.7 Å². The molecular formula is C10H22N6O4S2. The molecule has 2 unspecified atom stereocenters. The lowest BCUT2D eigenvalue weighted by Crippen LogP contribution is -2.39. The first-order valence-electron chi connectivity index (χ1n) is 6.70. The Bertz CT molecular complexity index is 600. The Labute approximate surface area is 131 Å². The van der Waals surface area contributed by atoms with Crippen LogP contribution in [0.25, 0.3) is 5.53 Å². The van der Waals surface area contributed by atoms with Crippen LogP contribution < -0.4 is 0 Å². The van der Waals surface area contributed by atoms with E-state index in [4.69, 9.17) is 5.53 Å². The van der Waals surface area contributed by atoms with Crippen molar-refractivity contribution in [2.75, 3.05) is 7.05 Å². The predicted molar refractivity (Wildman–Crippen MR) is 80.4 cm³/mol. The van der Waals surface area contributed by atoms with Gasteiger partial charge in [0.1, 0.15) is 0 Å². The van der Waals surface area contributed by atoms with Crippen LogP contribution in [0, 0.1) is 0 Å². The smallest absolute Gasteiger partial charge is 0.224 e. The summed E-state index contributed by atoms with van der Waals surface area (Å²) in [6.45, 7) is 6.03. The van der Waals surface area contributed by atoms with Crippen LogP contribution in [0.15, 0.2) is 20.7 Å². The molecule has 0 heterocycles. The Kier molecular flexibility index (Phi) is 7.87. The van der Waals surface area contributed by atoms with Crippen LogP contribution in [0.5, 0.6) is 0 Å². The average molecular weight is 354 g/mol. The Morgan fingerprint density at radius 2 is 1.36 bits per heavy atom. The summed E-state index contributed by atoms with van der Waals surface area (Å²) in [7, 11) is -7.03. The normalized spacial score (nSPS) is 17.7. The third kappa shape index (κ3) is 4.87. The highest BCUT2D eigenvalue weighted by Crippen LogP contribution is 2.24. The molecule has 128 valence electrons. The molecular weight excluding hydrogens is 332 g/mol. The Morgan fingerprint density at radius 3 is 1.68 bits per heavy atom. The summed E-state index contributed by atoms with van der Waals surface area (Å²) < 4.78 is 47.6. The maximum Gasteiger partial charge on any atom is 0.318 e. The molecule has 0 fully saturated rings. The minimum atomic E-state index is -4.13. The first kappa shape index (κ1) is 20.7. The minimum absolute atomic E-state index is 0.0920. The number of rotatable bonds is 9. The molecule has 0 aromatic rings. The molecule has 0 amide bonds. The number of hydrogen-bond donors (Lipinski definition) is 0. The quantitative estimate of drug-likeness (QED) is 0.354. The van der Waals surface area contributed by atoms with Crippen LogP contribution in [0.3, 0.4) is 0 Å². The highest BCUT2D eigenvalue weighted by Gasteiger charge is 2.45. The fraction of sp³-hybridized carbons (Fsp3) is 1.00. The van der Waals surface area contributed by atoms with Crippen molar-refractivity contribution in [3.8, 4) is 0 Å². The molecule has 0 spiro atoms. The van der Waals surface area contributed by atoms with Crippen LogP contribution in [0.2, 0.25) is 0 Å². The molecule has 2 atom stereocenters. The summed E-state index contributed by atoms with van der Waals surface area (Å²) in [4.78, 5) is -0.0920. The SMILES string of the molecule is CCC(C)S(=O)(=O)C(N=N[N+](=[N-])N=NC)S(=O)(=O)C(C)CC. The van der Waals surface area contributed by atoms with Crippen molar-refractivity contribution < 1.29 is 21.8 Å². The van der Waals surface area contributed by atoms with Gasteiger partial charge in [-0.3, -0.25) is 0 Å². The largest absolute Gasteiger partial charge is 0.318 e. The van der Waals surface area contributed by atoms with Crippen LogP contribution in [-0.2, 0) is 19.7 Å². The van der Waals surface area contributed by atoms with Crippen LogP contribution in [0.4, 0.5) is 0 Å². The maximum atomic E-state index is 12.4. The third-order valence-corrected chi connectivity index (χ3v) is 9.06. The first-order valence-corrected chi connectivity index (χ1v) is 9.92. The lowest BCUT2D eigenvalue weighted by atomic mass is 10.4. The van der Waals surface area contributed by atoms with Crippen molar-refractivity contribution in [1.29, 1.82) is 0 Å². The van der Waals surface area contributed by atoms with Crippen LogP contribution in [-0.4, -0.2) is 44.0 Å². The summed E-state index contributed by atoms with van der Waals surface area (Å²) >= 11 is 0. The van der Waals surface area contributed by atoms with Gasteiger partial charge in [0.15, 0.2) is 0 Å². The Morgan fingerprint density at radius 1 is 0.955 bits per heavy atom. The summed E-state index contributed by atoms with van der Waals surface area (Å²) in [6, 6.07) is 0. The molecule has 0 aliphatic carbocycles. The van der Waals surface area contributed by atoms with E-state index in [0.717, 1.165) is 0 Å². The molecule has 0 rings (SSSR count). The standard InChI is InChI=1S/C10H22N6O4S2/c1-6-8(3)21(17,18)10(13-15-16(11)14-12-5)22(19,20)9(4)7-2/h8-10H,6-7H2,1-5H3. The van der Waals surface area contributed by atoms with Gasteiger partial charge in [0.25, 0.3) is 0 Å². The van der Waals surface area contributed by atoms with E-state index < -0.39 is 34.9 Å². The van der Waals surface area contributed by atoms with Crippen molar-refractivity contribution in [3.63, 3.8) is 0 Å². The van der Waals surface area contributed by atoms with Crippen molar-refractivity contribution in [1.82, 2.24) is 0 Å². The summed E-state index contributed by atoms with van der Waals surface area (Å²) in [5, 5.41) is 10.8. The van der Waals surface area contributed by atoms with Gasteiger partial charge in [0, 0.05) is 0 Å². The van der Waals surface area contributed by atoms with E-state index in [9.17, 15) is 16.8 Å². The number of hydrogen-bond acceptors (Lipinski definition) is 6. The number of sulfone groups is 2. The van der Waals surface area contributed by atoms with Crippen molar-refractivity contribution in [2.24, 2.45) is 20.7 Å². The van der Waals surface area contributed by atoms with Gasteiger partial charge in [0.2, 0.25) is 19.7 Å². The van der Waals surface area contributed by atoms with Gasteiger partial charge in [-0.1, -0.05) is 29.4 Å². The second-order valence-corrected chi connectivity index (χ2v) is 9.84. The molecule has 0 radical (unpaired) electrons. The summed E-state index contributed by atoms with van der Waals surface area (Å²) in [6.07, 6.45) is 0.448. The number of nitrogens with zero attached hydrogens (tertiary/aromatic N) is 6. The van der Waals surface area contributed by atoms with Crippen molar-refractivity contribution in [2.45, 2.75) is 55.7 Å². The van der Waals surface area contributed by atoms with Gasteiger partial charge in [-0.05, 0) is 26.7 Å². The Balaban J connectivity index is 5.98. The third-order valence-electron chi connectivity index (χ3n) is 3.23. The van der Waals surface area contributed by atoms with Gasteiger partial charge < -0.3 is 0 Å². The molecule has 0 bridgehead atoms. The van der Waals surface area contributed by atoms with Gasteiger partial charge >= 0.3 is 4.71 Å². The molecule has 0 aromatic carbocycles.